The molecule has 2 fully saturated rings. The van der Waals surface area contributed by atoms with Gasteiger partial charge in [-0.05, 0) is 24.2 Å². The predicted octanol–water partition coefficient (Wildman–Crippen LogP) is 0.502. The van der Waals surface area contributed by atoms with E-state index >= 15 is 0 Å². The summed E-state index contributed by atoms with van der Waals surface area (Å²) < 4.78 is 5.23. The van der Waals surface area contributed by atoms with E-state index in [-0.39, 0.29) is 12.7 Å². The average molecular weight is 172 g/mol. The van der Waals surface area contributed by atoms with Crippen LogP contribution in [0.2, 0.25) is 0 Å². The van der Waals surface area contributed by atoms with Gasteiger partial charge in [-0.3, -0.25) is 0 Å². The number of aliphatic hydroxyl groups excluding tert-OH is 2. The molecule has 2 rings (SSSR count). The molecule has 3 heteroatoms. The second-order valence-electron chi connectivity index (χ2n) is 4.17. The van der Waals surface area contributed by atoms with Crippen LogP contribution in [0.25, 0.3) is 0 Å². The van der Waals surface area contributed by atoms with Gasteiger partial charge in [0.1, 0.15) is 0 Å². The van der Waals surface area contributed by atoms with Crippen molar-refractivity contribution in [2.45, 2.75) is 38.6 Å². The van der Waals surface area contributed by atoms with Gasteiger partial charge in [-0.1, -0.05) is 6.92 Å². The van der Waals surface area contributed by atoms with Crippen LogP contribution in [0.3, 0.4) is 0 Å². The fraction of sp³-hybridized carbons (Fsp3) is 1.00. The first-order chi connectivity index (χ1) is 5.68. The maximum absolute atomic E-state index is 9.37. The first-order valence-electron chi connectivity index (χ1n) is 4.62. The van der Waals surface area contributed by atoms with E-state index in [1.54, 1.807) is 0 Å². The summed E-state index contributed by atoms with van der Waals surface area (Å²) in [5.41, 5.74) is 0.297. The van der Waals surface area contributed by atoms with E-state index in [2.05, 4.69) is 6.92 Å². The van der Waals surface area contributed by atoms with E-state index in [0.29, 0.717) is 11.3 Å². The lowest BCUT2D eigenvalue weighted by Crippen LogP contribution is -2.42. The summed E-state index contributed by atoms with van der Waals surface area (Å²) in [7, 11) is 0. The van der Waals surface area contributed by atoms with Crippen LogP contribution in [0, 0.1) is 11.3 Å². The minimum absolute atomic E-state index is 0.0278. The van der Waals surface area contributed by atoms with Gasteiger partial charge >= 0.3 is 0 Å². The normalized spacial score (nSPS) is 44.8. The molecular formula is C9H16O3. The Morgan fingerprint density at radius 1 is 1.50 bits per heavy atom. The number of ether oxygens (including phenoxy) is 1. The molecular weight excluding hydrogens is 156 g/mol. The van der Waals surface area contributed by atoms with Crippen molar-refractivity contribution in [2.75, 3.05) is 6.61 Å². The van der Waals surface area contributed by atoms with Gasteiger partial charge in [-0.25, -0.2) is 0 Å². The van der Waals surface area contributed by atoms with E-state index in [9.17, 15) is 5.11 Å². The van der Waals surface area contributed by atoms with E-state index in [1.807, 2.05) is 0 Å². The van der Waals surface area contributed by atoms with Crippen molar-refractivity contribution in [3.63, 3.8) is 0 Å². The van der Waals surface area contributed by atoms with Crippen LogP contribution in [0.1, 0.15) is 26.2 Å². The van der Waals surface area contributed by atoms with Crippen LogP contribution in [-0.2, 0) is 4.74 Å². The van der Waals surface area contributed by atoms with Gasteiger partial charge in [-0.15, -0.1) is 0 Å². The molecule has 0 radical (unpaired) electrons. The highest BCUT2D eigenvalue weighted by Crippen LogP contribution is 2.58. The van der Waals surface area contributed by atoms with Gasteiger partial charge in [0.05, 0.1) is 12.7 Å². The van der Waals surface area contributed by atoms with Crippen molar-refractivity contribution in [3.8, 4) is 0 Å². The molecule has 2 N–H and O–H groups in total. The highest BCUT2D eigenvalue weighted by molar-refractivity contribution is 5.02. The fourth-order valence-corrected chi connectivity index (χ4v) is 2.32. The van der Waals surface area contributed by atoms with Gasteiger partial charge in [-0.2, -0.15) is 0 Å². The minimum atomic E-state index is -0.652. The summed E-state index contributed by atoms with van der Waals surface area (Å²) in [6.07, 6.45) is 2.32. The quantitative estimate of drug-likeness (QED) is 0.605. The number of rotatable bonds is 1. The lowest BCUT2D eigenvalue weighted by atomic mass is 9.81. The highest BCUT2D eigenvalue weighted by atomic mass is 16.6. The Morgan fingerprint density at radius 3 is 2.67 bits per heavy atom. The van der Waals surface area contributed by atoms with E-state index < -0.39 is 6.29 Å². The molecule has 0 bridgehead atoms. The summed E-state index contributed by atoms with van der Waals surface area (Å²) in [6.45, 7) is 2.14. The number of aliphatic hydroxyl groups is 2. The lowest BCUT2D eigenvalue weighted by Gasteiger charge is -2.38. The zero-order chi connectivity index (χ0) is 8.77. The molecule has 0 aromatic heterocycles. The van der Waals surface area contributed by atoms with Crippen LogP contribution in [0.15, 0.2) is 0 Å². The van der Waals surface area contributed by atoms with Gasteiger partial charge in [0, 0.05) is 6.42 Å². The van der Waals surface area contributed by atoms with Crippen molar-refractivity contribution < 1.29 is 14.9 Å². The molecule has 0 aromatic carbocycles. The van der Waals surface area contributed by atoms with Gasteiger partial charge in [0.25, 0.3) is 0 Å². The molecule has 2 aliphatic rings. The largest absolute Gasteiger partial charge is 0.394 e. The molecule has 1 aliphatic carbocycles. The molecule has 1 spiro atoms. The summed E-state index contributed by atoms with van der Waals surface area (Å²) in [4.78, 5) is 0. The standard InChI is InChI=1S/C9H16O3/c1-6-7(5-10)12-8(11)4-9(6)2-3-9/h6-8,10-11H,2-5H2,1H3/t6-,7+,8+/m0/s1. The molecule has 0 unspecified atom stereocenters. The minimum Gasteiger partial charge on any atom is -0.394 e. The summed E-state index contributed by atoms with van der Waals surface area (Å²) in [6, 6.07) is 0. The third kappa shape index (κ3) is 1.16. The van der Waals surface area contributed by atoms with Crippen molar-refractivity contribution in [3.05, 3.63) is 0 Å². The second kappa shape index (κ2) is 2.69. The second-order valence-corrected chi connectivity index (χ2v) is 4.17. The molecule has 1 aliphatic heterocycles. The Labute approximate surface area is 72.3 Å². The van der Waals surface area contributed by atoms with Crippen LogP contribution in [-0.4, -0.2) is 29.2 Å². The summed E-state index contributed by atoms with van der Waals surface area (Å²) in [5, 5.41) is 18.4. The third-order valence-corrected chi connectivity index (χ3v) is 3.51. The molecule has 70 valence electrons. The number of hydrogen-bond donors (Lipinski definition) is 2. The van der Waals surface area contributed by atoms with E-state index in [1.165, 1.54) is 12.8 Å². The molecule has 0 aromatic rings. The summed E-state index contributed by atoms with van der Waals surface area (Å²) >= 11 is 0. The molecule has 12 heavy (non-hydrogen) atoms. The van der Waals surface area contributed by atoms with Crippen molar-refractivity contribution in [2.24, 2.45) is 11.3 Å². The third-order valence-electron chi connectivity index (χ3n) is 3.51. The van der Waals surface area contributed by atoms with Crippen molar-refractivity contribution in [1.29, 1.82) is 0 Å². The maximum atomic E-state index is 9.37. The van der Waals surface area contributed by atoms with Gasteiger partial charge < -0.3 is 14.9 Å². The fourth-order valence-electron chi connectivity index (χ4n) is 2.32. The number of hydrogen-bond acceptors (Lipinski definition) is 3. The molecule has 3 atom stereocenters. The van der Waals surface area contributed by atoms with E-state index in [4.69, 9.17) is 9.84 Å². The van der Waals surface area contributed by atoms with Gasteiger partial charge in [0.15, 0.2) is 6.29 Å². The summed E-state index contributed by atoms with van der Waals surface area (Å²) in [5.74, 6) is 0.394. The maximum Gasteiger partial charge on any atom is 0.155 e. The van der Waals surface area contributed by atoms with Crippen LogP contribution in [0.4, 0.5) is 0 Å². The topological polar surface area (TPSA) is 49.7 Å². The lowest BCUT2D eigenvalue weighted by molar-refractivity contribution is -0.212. The Balaban J connectivity index is 2.08. The van der Waals surface area contributed by atoms with Crippen molar-refractivity contribution >= 4 is 0 Å². The van der Waals surface area contributed by atoms with Crippen LogP contribution >= 0.6 is 0 Å². The average Bonchev–Trinajstić information content (AvgIpc) is 2.78. The molecule has 3 nitrogen and oxygen atoms in total. The Hall–Kier alpha value is -0.120. The highest BCUT2D eigenvalue weighted by Gasteiger charge is 2.54. The molecule has 1 heterocycles. The molecule has 1 saturated carbocycles. The predicted molar refractivity (Wildman–Crippen MR) is 43.4 cm³/mol. The Bertz CT molecular complexity index is 177. The van der Waals surface area contributed by atoms with Crippen LogP contribution in [0.5, 0.6) is 0 Å². The smallest absolute Gasteiger partial charge is 0.155 e. The van der Waals surface area contributed by atoms with E-state index in [0.717, 1.165) is 6.42 Å². The zero-order valence-corrected chi connectivity index (χ0v) is 7.36. The monoisotopic (exact) mass is 172 g/mol. The van der Waals surface area contributed by atoms with Crippen molar-refractivity contribution in [1.82, 2.24) is 0 Å². The molecule has 0 amide bonds. The first kappa shape index (κ1) is 8.48. The SMILES string of the molecule is C[C@H]1[C@@H](CO)O[C@@H](O)CC12CC2. The first-order valence-corrected chi connectivity index (χ1v) is 4.62. The molecule has 1 saturated heterocycles. The zero-order valence-electron chi connectivity index (χ0n) is 7.36. The van der Waals surface area contributed by atoms with Crippen LogP contribution < -0.4 is 0 Å². The Kier molecular flexibility index (Phi) is 1.90. The van der Waals surface area contributed by atoms with Gasteiger partial charge in [0.2, 0.25) is 0 Å². The Morgan fingerprint density at radius 2 is 2.17 bits per heavy atom.